The van der Waals surface area contributed by atoms with Crippen LogP contribution in [0.2, 0.25) is 0 Å². The highest BCUT2D eigenvalue weighted by Gasteiger charge is 2.31. The first kappa shape index (κ1) is 17.3. The Morgan fingerprint density at radius 1 is 1.38 bits per heavy atom. The summed E-state index contributed by atoms with van der Waals surface area (Å²) in [7, 11) is 0. The molecule has 0 saturated heterocycles. The van der Waals surface area contributed by atoms with E-state index in [1.54, 1.807) is 33.8 Å². The molecular formula is C16H25NO4. The predicted octanol–water partition coefficient (Wildman–Crippen LogP) is 3.07. The predicted molar refractivity (Wildman–Crippen MR) is 80.0 cm³/mol. The van der Waals surface area contributed by atoms with E-state index < -0.39 is 23.5 Å². The Hall–Kier alpha value is -1.78. The number of hydrogen-bond acceptors (Lipinski definition) is 4. The van der Waals surface area contributed by atoms with Crippen LogP contribution < -0.4 is 5.32 Å². The lowest BCUT2D eigenvalue weighted by Gasteiger charge is -2.27. The molecule has 2 atom stereocenters. The Kier molecular flexibility index (Phi) is 5.58. The smallest absolute Gasteiger partial charge is 0.329 e. The molecule has 0 aliphatic heterocycles. The van der Waals surface area contributed by atoms with Gasteiger partial charge in [-0.3, -0.25) is 4.79 Å². The monoisotopic (exact) mass is 295 g/mol. The summed E-state index contributed by atoms with van der Waals surface area (Å²) in [5.41, 5.74) is 0.147. The number of amides is 1. The van der Waals surface area contributed by atoms with Crippen molar-refractivity contribution in [3.05, 3.63) is 23.7 Å². The number of aryl methyl sites for hydroxylation is 1. The van der Waals surface area contributed by atoms with Gasteiger partial charge in [0.15, 0.2) is 5.76 Å². The van der Waals surface area contributed by atoms with E-state index in [1.165, 1.54) is 6.26 Å². The minimum Gasteiger partial charge on any atom is -0.459 e. The second-order valence-corrected chi connectivity index (χ2v) is 6.30. The molecule has 1 N–H and O–H groups in total. The first-order valence-electron chi connectivity index (χ1n) is 7.23. The van der Waals surface area contributed by atoms with Gasteiger partial charge in [-0.1, -0.05) is 20.3 Å². The molecule has 0 saturated carbocycles. The summed E-state index contributed by atoms with van der Waals surface area (Å²) in [6.07, 6.45) is 2.21. The van der Waals surface area contributed by atoms with Crippen molar-refractivity contribution in [3.8, 4) is 0 Å². The summed E-state index contributed by atoms with van der Waals surface area (Å²) < 4.78 is 10.5. The molecule has 118 valence electrons. The minimum absolute atomic E-state index is 0.0286. The van der Waals surface area contributed by atoms with Gasteiger partial charge in [0.25, 0.3) is 5.91 Å². The summed E-state index contributed by atoms with van der Waals surface area (Å²) >= 11 is 0. The summed E-state index contributed by atoms with van der Waals surface area (Å²) in [5, 5.41) is 2.73. The van der Waals surface area contributed by atoms with Crippen molar-refractivity contribution in [2.75, 3.05) is 0 Å². The number of ether oxygens (including phenoxy) is 1. The maximum atomic E-state index is 12.3. The van der Waals surface area contributed by atoms with Crippen LogP contribution in [0.3, 0.4) is 0 Å². The summed E-state index contributed by atoms with van der Waals surface area (Å²) in [6.45, 7) is 11.1. The number of rotatable bonds is 5. The minimum atomic E-state index is -0.689. The van der Waals surface area contributed by atoms with Crippen LogP contribution in [0.5, 0.6) is 0 Å². The fourth-order valence-corrected chi connectivity index (χ4v) is 1.85. The molecule has 0 fully saturated rings. The van der Waals surface area contributed by atoms with Crippen LogP contribution in [0.25, 0.3) is 0 Å². The summed E-state index contributed by atoms with van der Waals surface area (Å²) in [4.78, 5) is 24.5. The van der Waals surface area contributed by atoms with Crippen molar-refractivity contribution in [1.82, 2.24) is 5.32 Å². The van der Waals surface area contributed by atoms with E-state index in [9.17, 15) is 9.59 Å². The largest absolute Gasteiger partial charge is 0.459 e. The van der Waals surface area contributed by atoms with Gasteiger partial charge in [-0.05, 0) is 39.7 Å². The Morgan fingerprint density at radius 2 is 2.00 bits per heavy atom. The quantitative estimate of drug-likeness (QED) is 0.848. The Morgan fingerprint density at radius 3 is 2.43 bits per heavy atom. The second kappa shape index (κ2) is 6.78. The van der Waals surface area contributed by atoms with E-state index in [1.807, 2.05) is 13.8 Å². The highest BCUT2D eigenvalue weighted by molar-refractivity contribution is 5.95. The lowest BCUT2D eigenvalue weighted by molar-refractivity contribution is -0.158. The first-order chi connectivity index (χ1) is 9.65. The molecule has 0 spiro atoms. The van der Waals surface area contributed by atoms with Gasteiger partial charge in [-0.25, -0.2) is 4.79 Å². The van der Waals surface area contributed by atoms with E-state index in [0.717, 1.165) is 12.0 Å². The number of hydrogen-bond donors (Lipinski definition) is 1. The molecule has 1 rings (SSSR count). The summed E-state index contributed by atoms with van der Waals surface area (Å²) in [6, 6.07) is 1.02. The zero-order chi connectivity index (χ0) is 16.2. The van der Waals surface area contributed by atoms with E-state index in [2.05, 4.69) is 5.32 Å². The van der Waals surface area contributed by atoms with Gasteiger partial charge in [-0.15, -0.1) is 0 Å². The van der Waals surface area contributed by atoms with Crippen LogP contribution in [-0.2, 0) is 9.53 Å². The van der Waals surface area contributed by atoms with Crippen LogP contribution >= 0.6 is 0 Å². The van der Waals surface area contributed by atoms with Crippen LogP contribution in [0.4, 0.5) is 0 Å². The third-order valence-corrected chi connectivity index (χ3v) is 3.23. The van der Waals surface area contributed by atoms with Gasteiger partial charge in [0.2, 0.25) is 0 Å². The van der Waals surface area contributed by atoms with E-state index in [-0.39, 0.29) is 11.7 Å². The van der Waals surface area contributed by atoms with E-state index in [0.29, 0.717) is 0 Å². The lowest BCUT2D eigenvalue weighted by atomic mass is 9.98. The molecule has 1 heterocycles. The van der Waals surface area contributed by atoms with Crippen molar-refractivity contribution in [3.63, 3.8) is 0 Å². The fraction of sp³-hybridized carbons (Fsp3) is 0.625. The SMILES string of the molecule is CC[C@H](C)[C@H](NC(=O)c1occc1C)C(=O)OC(C)(C)C. The Bertz CT molecular complexity index is 499. The molecule has 5 heteroatoms. The fourth-order valence-electron chi connectivity index (χ4n) is 1.85. The molecule has 21 heavy (non-hydrogen) atoms. The lowest BCUT2D eigenvalue weighted by Crippen LogP contribution is -2.47. The van der Waals surface area contributed by atoms with Crippen molar-refractivity contribution in [1.29, 1.82) is 0 Å². The van der Waals surface area contributed by atoms with Crippen LogP contribution in [0, 0.1) is 12.8 Å². The molecule has 0 bridgehead atoms. The first-order valence-corrected chi connectivity index (χ1v) is 7.23. The highest BCUT2D eigenvalue weighted by atomic mass is 16.6. The molecule has 0 aliphatic carbocycles. The van der Waals surface area contributed by atoms with E-state index in [4.69, 9.17) is 9.15 Å². The Balaban J connectivity index is 2.87. The normalized spacial score (nSPS) is 14.4. The van der Waals surface area contributed by atoms with Crippen LogP contribution in [-0.4, -0.2) is 23.5 Å². The number of esters is 1. The van der Waals surface area contributed by atoms with Gasteiger partial charge < -0.3 is 14.5 Å². The molecule has 0 aromatic carbocycles. The van der Waals surface area contributed by atoms with Gasteiger partial charge in [0, 0.05) is 5.56 Å². The molecule has 0 unspecified atom stereocenters. The molecular weight excluding hydrogens is 270 g/mol. The highest BCUT2D eigenvalue weighted by Crippen LogP contribution is 2.16. The molecule has 5 nitrogen and oxygen atoms in total. The zero-order valence-corrected chi connectivity index (χ0v) is 13.6. The number of furan rings is 1. The third kappa shape index (κ3) is 4.92. The summed E-state index contributed by atoms with van der Waals surface area (Å²) in [5.74, 6) is -0.617. The number of nitrogens with one attached hydrogen (secondary N) is 1. The average molecular weight is 295 g/mol. The topological polar surface area (TPSA) is 68.5 Å². The van der Waals surface area contributed by atoms with Crippen molar-refractivity contribution in [2.24, 2.45) is 5.92 Å². The standard InChI is InChI=1S/C16H25NO4/c1-7-10(2)12(15(19)21-16(4,5)6)17-14(18)13-11(3)8-9-20-13/h8-10,12H,7H2,1-6H3,(H,17,18)/t10-,12-/m0/s1. The Labute approximate surface area is 126 Å². The number of carbonyl (C=O) groups excluding carboxylic acids is 2. The van der Waals surface area contributed by atoms with Gasteiger partial charge in [0.1, 0.15) is 11.6 Å². The maximum Gasteiger partial charge on any atom is 0.329 e. The zero-order valence-electron chi connectivity index (χ0n) is 13.6. The third-order valence-electron chi connectivity index (χ3n) is 3.23. The van der Waals surface area contributed by atoms with Gasteiger partial charge in [-0.2, -0.15) is 0 Å². The number of carbonyl (C=O) groups is 2. The van der Waals surface area contributed by atoms with E-state index >= 15 is 0 Å². The van der Waals surface area contributed by atoms with Gasteiger partial charge in [0.05, 0.1) is 6.26 Å². The molecule has 1 aromatic heterocycles. The molecule has 0 radical (unpaired) electrons. The van der Waals surface area contributed by atoms with Crippen LogP contribution in [0.1, 0.15) is 57.2 Å². The average Bonchev–Trinajstić information content (AvgIpc) is 2.78. The molecule has 0 aliphatic rings. The second-order valence-electron chi connectivity index (χ2n) is 6.30. The molecule has 1 amide bonds. The van der Waals surface area contributed by atoms with Gasteiger partial charge >= 0.3 is 5.97 Å². The van der Waals surface area contributed by atoms with Crippen molar-refractivity contribution in [2.45, 2.75) is 59.6 Å². The van der Waals surface area contributed by atoms with Crippen LogP contribution in [0.15, 0.2) is 16.7 Å². The maximum absolute atomic E-state index is 12.3. The van der Waals surface area contributed by atoms with Crippen molar-refractivity contribution >= 4 is 11.9 Å². The molecule has 1 aromatic rings. The van der Waals surface area contributed by atoms with Crippen molar-refractivity contribution < 1.29 is 18.7 Å².